The van der Waals surface area contributed by atoms with Gasteiger partial charge in [-0.05, 0) is 18.8 Å². The number of hydrogen-bond acceptors (Lipinski definition) is 1. The van der Waals surface area contributed by atoms with Gasteiger partial charge in [-0.2, -0.15) is 13.2 Å². The molecule has 0 aliphatic rings. The van der Waals surface area contributed by atoms with Gasteiger partial charge in [0.1, 0.15) is 0 Å². The van der Waals surface area contributed by atoms with Crippen molar-refractivity contribution < 1.29 is 13.2 Å². The average molecular weight is 239 g/mol. The zero-order valence-electron chi connectivity index (χ0n) is 10.3. The lowest BCUT2D eigenvalue weighted by Crippen LogP contribution is -2.25. The second-order valence-electron chi connectivity index (χ2n) is 4.57. The summed E-state index contributed by atoms with van der Waals surface area (Å²) in [5.74, 6) is 0.489. The molecular formula is C12H24F3N. The molecule has 2 N–H and O–H groups in total. The normalized spacial score (nSPS) is 16.1. The van der Waals surface area contributed by atoms with E-state index >= 15 is 0 Å². The fourth-order valence-electron chi connectivity index (χ4n) is 1.88. The Balaban J connectivity index is 3.77. The maximum atomic E-state index is 12.0. The molecule has 0 radical (unpaired) electrons. The molecule has 0 aliphatic heterocycles. The number of alkyl halides is 3. The number of halogens is 3. The van der Waals surface area contributed by atoms with Crippen molar-refractivity contribution in [3.05, 3.63) is 0 Å². The second kappa shape index (κ2) is 7.93. The highest BCUT2D eigenvalue weighted by molar-refractivity contribution is 4.69. The van der Waals surface area contributed by atoms with Crippen molar-refractivity contribution >= 4 is 0 Å². The van der Waals surface area contributed by atoms with Crippen molar-refractivity contribution in [1.29, 1.82) is 0 Å². The van der Waals surface area contributed by atoms with E-state index in [0.29, 0.717) is 5.92 Å². The van der Waals surface area contributed by atoms with Crippen LogP contribution in [-0.4, -0.2) is 12.2 Å². The SMILES string of the molecule is CCCCC(CC)CC(N)CCC(F)(F)F. The molecule has 4 heteroatoms. The van der Waals surface area contributed by atoms with Gasteiger partial charge in [0.2, 0.25) is 0 Å². The zero-order valence-corrected chi connectivity index (χ0v) is 10.3. The van der Waals surface area contributed by atoms with Crippen molar-refractivity contribution in [3.63, 3.8) is 0 Å². The monoisotopic (exact) mass is 239 g/mol. The quantitative estimate of drug-likeness (QED) is 0.672. The Bertz CT molecular complexity index is 168. The molecule has 0 aromatic heterocycles. The molecule has 0 amide bonds. The van der Waals surface area contributed by atoms with Gasteiger partial charge >= 0.3 is 6.18 Å². The fraction of sp³-hybridized carbons (Fsp3) is 1.00. The van der Waals surface area contributed by atoms with Crippen molar-refractivity contribution in [3.8, 4) is 0 Å². The maximum Gasteiger partial charge on any atom is 0.389 e. The molecule has 0 heterocycles. The molecule has 0 aromatic rings. The zero-order chi connectivity index (χ0) is 12.6. The van der Waals surface area contributed by atoms with E-state index in [1.54, 1.807) is 0 Å². The molecular weight excluding hydrogens is 215 g/mol. The van der Waals surface area contributed by atoms with Crippen LogP contribution < -0.4 is 5.73 Å². The highest BCUT2D eigenvalue weighted by Crippen LogP contribution is 2.25. The lowest BCUT2D eigenvalue weighted by atomic mass is 9.91. The first-order valence-electron chi connectivity index (χ1n) is 6.21. The van der Waals surface area contributed by atoms with Crippen LogP contribution in [0.25, 0.3) is 0 Å². The number of rotatable bonds is 8. The third-order valence-corrected chi connectivity index (χ3v) is 2.98. The largest absolute Gasteiger partial charge is 0.389 e. The predicted octanol–water partition coefficient (Wildman–Crippen LogP) is 4.26. The maximum absolute atomic E-state index is 12.0. The molecule has 2 atom stereocenters. The van der Waals surface area contributed by atoms with Crippen LogP contribution >= 0.6 is 0 Å². The van der Waals surface area contributed by atoms with E-state index in [1.165, 1.54) is 0 Å². The molecule has 2 unspecified atom stereocenters. The van der Waals surface area contributed by atoms with E-state index in [0.717, 1.165) is 32.1 Å². The highest BCUT2D eigenvalue weighted by Gasteiger charge is 2.27. The summed E-state index contributed by atoms with van der Waals surface area (Å²) in [7, 11) is 0. The molecule has 1 nitrogen and oxygen atoms in total. The Labute approximate surface area is 96.6 Å². The molecule has 0 bridgehead atoms. The van der Waals surface area contributed by atoms with Gasteiger partial charge < -0.3 is 5.73 Å². The van der Waals surface area contributed by atoms with Crippen molar-refractivity contribution in [2.45, 2.75) is 71.0 Å². The van der Waals surface area contributed by atoms with Crippen molar-refractivity contribution in [2.75, 3.05) is 0 Å². The smallest absolute Gasteiger partial charge is 0.328 e. The van der Waals surface area contributed by atoms with Gasteiger partial charge in [-0.15, -0.1) is 0 Å². The van der Waals surface area contributed by atoms with Crippen LogP contribution in [-0.2, 0) is 0 Å². The minimum Gasteiger partial charge on any atom is -0.328 e. The summed E-state index contributed by atoms with van der Waals surface area (Å²) in [4.78, 5) is 0. The van der Waals surface area contributed by atoms with Crippen LogP contribution in [0, 0.1) is 5.92 Å². The van der Waals surface area contributed by atoms with Crippen molar-refractivity contribution in [1.82, 2.24) is 0 Å². The van der Waals surface area contributed by atoms with Crippen LogP contribution in [0.3, 0.4) is 0 Å². The molecule has 0 spiro atoms. The Kier molecular flexibility index (Phi) is 7.81. The number of nitrogens with two attached hydrogens (primary N) is 1. The summed E-state index contributed by atoms with van der Waals surface area (Å²) in [5, 5.41) is 0. The van der Waals surface area contributed by atoms with Gasteiger partial charge in [0.15, 0.2) is 0 Å². The Morgan fingerprint density at radius 2 is 1.75 bits per heavy atom. The summed E-state index contributed by atoms with van der Waals surface area (Å²) in [5.41, 5.74) is 5.73. The summed E-state index contributed by atoms with van der Waals surface area (Å²) < 4.78 is 35.9. The predicted molar refractivity (Wildman–Crippen MR) is 61.2 cm³/mol. The molecule has 0 fully saturated rings. The molecule has 0 saturated heterocycles. The topological polar surface area (TPSA) is 26.0 Å². The number of hydrogen-bond donors (Lipinski definition) is 1. The Morgan fingerprint density at radius 3 is 2.19 bits per heavy atom. The van der Waals surface area contributed by atoms with Gasteiger partial charge in [0.05, 0.1) is 0 Å². The van der Waals surface area contributed by atoms with Gasteiger partial charge in [0, 0.05) is 12.5 Å². The summed E-state index contributed by atoms with van der Waals surface area (Å²) in [6.45, 7) is 4.20. The van der Waals surface area contributed by atoms with Gasteiger partial charge in [-0.1, -0.05) is 39.5 Å². The minimum atomic E-state index is -4.07. The standard InChI is InChI=1S/C12H24F3N/c1-3-5-6-10(4-2)9-11(16)7-8-12(13,14)15/h10-11H,3-9,16H2,1-2H3. The van der Waals surface area contributed by atoms with E-state index in [4.69, 9.17) is 5.73 Å². The third-order valence-electron chi connectivity index (χ3n) is 2.98. The molecule has 98 valence electrons. The summed E-state index contributed by atoms with van der Waals surface area (Å²) in [6, 6.07) is -0.302. The Morgan fingerprint density at radius 1 is 1.12 bits per heavy atom. The highest BCUT2D eigenvalue weighted by atomic mass is 19.4. The van der Waals surface area contributed by atoms with Crippen LogP contribution in [0.4, 0.5) is 13.2 Å². The van der Waals surface area contributed by atoms with Crippen LogP contribution in [0.5, 0.6) is 0 Å². The minimum absolute atomic E-state index is 0.0616. The molecule has 16 heavy (non-hydrogen) atoms. The Hall–Kier alpha value is -0.250. The second-order valence-corrected chi connectivity index (χ2v) is 4.57. The van der Waals surface area contributed by atoms with E-state index in [9.17, 15) is 13.2 Å². The van der Waals surface area contributed by atoms with Gasteiger partial charge in [-0.25, -0.2) is 0 Å². The summed E-state index contributed by atoms with van der Waals surface area (Å²) >= 11 is 0. The lowest BCUT2D eigenvalue weighted by molar-refractivity contribution is -0.136. The first-order valence-corrected chi connectivity index (χ1v) is 6.21. The van der Waals surface area contributed by atoms with Crippen molar-refractivity contribution in [2.24, 2.45) is 11.7 Å². The van der Waals surface area contributed by atoms with Crippen LogP contribution in [0.2, 0.25) is 0 Å². The molecule has 0 aliphatic carbocycles. The lowest BCUT2D eigenvalue weighted by Gasteiger charge is -2.20. The summed E-state index contributed by atoms with van der Waals surface area (Å²) in [6.07, 6.45) is 0.352. The molecule has 0 saturated carbocycles. The fourth-order valence-corrected chi connectivity index (χ4v) is 1.88. The van der Waals surface area contributed by atoms with E-state index in [1.807, 2.05) is 0 Å². The average Bonchev–Trinajstić information content (AvgIpc) is 2.20. The first-order chi connectivity index (χ1) is 7.39. The number of unbranched alkanes of at least 4 members (excludes halogenated alkanes) is 1. The van der Waals surface area contributed by atoms with E-state index in [-0.39, 0.29) is 12.5 Å². The third kappa shape index (κ3) is 9.01. The molecule has 0 aromatic carbocycles. The van der Waals surface area contributed by atoms with Gasteiger partial charge in [-0.3, -0.25) is 0 Å². The van der Waals surface area contributed by atoms with Crippen LogP contribution in [0.15, 0.2) is 0 Å². The van der Waals surface area contributed by atoms with Crippen LogP contribution in [0.1, 0.15) is 58.8 Å². The molecule has 0 rings (SSSR count). The van der Waals surface area contributed by atoms with E-state index < -0.39 is 12.6 Å². The van der Waals surface area contributed by atoms with Gasteiger partial charge in [0.25, 0.3) is 0 Å². The van der Waals surface area contributed by atoms with E-state index in [2.05, 4.69) is 13.8 Å². The first kappa shape index (κ1) is 15.8.